The molecule has 4 nitrogen and oxygen atoms in total. The highest BCUT2D eigenvalue weighted by Crippen LogP contribution is 2.34. The minimum Gasteiger partial charge on any atom is -0.495 e. The van der Waals surface area contributed by atoms with Crippen molar-refractivity contribution in [3.8, 4) is 5.75 Å². The summed E-state index contributed by atoms with van der Waals surface area (Å²) in [7, 11) is 1.68. The van der Waals surface area contributed by atoms with Gasteiger partial charge in [0.15, 0.2) is 5.13 Å². The zero-order valence-corrected chi connectivity index (χ0v) is 11.2. The second kappa shape index (κ2) is 6.37. The summed E-state index contributed by atoms with van der Waals surface area (Å²) < 4.78 is 5.41. The maximum Gasteiger partial charge on any atom is 0.189 e. The third kappa shape index (κ3) is 2.80. The third-order valence-electron chi connectivity index (χ3n) is 2.61. The summed E-state index contributed by atoms with van der Waals surface area (Å²) in [4.78, 5) is 6.52. The van der Waals surface area contributed by atoms with Crippen LogP contribution in [-0.4, -0.2) is 25.2 Å². The van der Waals surface area contributed by atoms with Gasteiger partial charge in [-0.1, -0.05) is 12.1 Å². The lowest BCUT2D eigenvalue weighted by molar-refractivity contribution is 0.415. The molecule has 0 atom stereocenters. The Bertz CT molecular complexity index is 473. The van der Waals surface area contributed by atoms with E-state index in [0.29, 0.717) is 6.54 Å². The Morgan fingerprint density at radius 2 is 2.22 bits per heavy atom. The number of rotatable bonds is 6. The average Bonchev–Trinajstić information content (AvgIpc) is 2.94. The third-order valence-corrected chi connectivity index (χ3v) is 3.41. The molecule has 5 heteroatoms. The lowest BCUT2D eigenvalue weighted by atomic mass is 10.2. The van der Waals surface area contributed by atoms with Crippen molar-refractivity contribution < 1.29 is 4.74 Å². The van der Waals surface area contributed by atoms with Crippen LogP contribution in [0.1, 0.15) is 6.42 Å². The van der Waals surface area contributed by atoms with Crippen molar-refractivity contribution in [2.24, 2.45) is 5.73 Å². The minimum atomic E-state index is 0.664. The molecule has 0 unspecified atom stereocenters. The van der Waals surface area contributed by atoms with E-state index in [1.54, 1.807) is 18.4 Å². The standard InChI is InChI=1S/C13H17N3OS/c1-17-12-6-3-2-5-11(12)16(9-4-7-14)13-15-8-10-18-13/h2-3,5-6,8,10H,4,7,9,14H2,1H3. The first-order valence-corrected chi connectivity index (χ1v) is 6.75. The molecule has 2 aromatic rings. The van der Waals surface area contributed by atoms with Gasteiger partial charge in [0.25, 0.3) is 0 Å². The van der Waals surface area contributed by atoms with Gasteiger partial charge >= 0.3 is 0 Å². The molecule has 1 aromatic carbocycles. The van der Waals surface area contributed by atoms with E-state index in [-0.39, 0.29) is 0 Å². The number of methoxy groups -OCH3 is 1. The smallest absolute Gasteiger partial charge is 0.189 e. The van der Waals surface area contributed by atoms with E-state index in [2.05, 4.69) is 9.88 Å². The highest BCUT2D eigenvalue weighted by molar-refractivity contribution is 7.13. The summed E-state index contributed by atoms with van der Waals surface area (Å²) in [6.45, 7) is 1.50. The van der Waals surface area contributed by atoms with Crippen molar-refractivity contribution in [1.29, 1.82) is 0 Å². The summed E-state index contributed by atoms with van der Waals surface area (Å²) in [6, 6.07) is 7.96. The van der Waals surface area contributed by atoms with Gasteiger partial charge in [-0.25, -0.2) is 4.98 Å². The van der Waals surface area contributed by atoms with Crippen molar-refractivity contribution >= 4 is 22.2 Å². The second-order valence-corrected chi connectivity index (χ2v) is 4.65. The molecule has 96 valence electrons. The molecule has 0 saturated heterocycles. The normalized spacial score (nSPS) is 10.3. The van der Waals surface area contributed by atoms with Gasteiger partial charge in [0.1, 0.15) is 5.75 Å². The Morgan fingerprint density at radius 3 is 2.89 bits per heavy atom. The molecule has 0 saturated carbocycles. The van der Waals surface area contributed by atoms with Crippen LogP contribution < -0.4 is 15.4 Å². The van der Waals surface area contributed by atoms with Crippen LogP contribution in [0.15, 0.2) is 35.8 Å². The van der Waals surface area contributed by atoms with Crippen molar-refractivity contribution in [3.05, 3.63) is 35.8 Å². The number of nitrogens with two attached hydrogens (primary N) is 1. The maximum atomic E-state index is 5.60. The Labute approximate surface area is 111 Å². The molecule has 0 fully saturated rings. The quantitative estimate of drug-likeness (QED) is 0.870. The predicted molar refractivity (Wildman–Crippen MR) is 75.8 cm³/mol. The monoisotopic (exact) mass is 263 g/mol. The highest BCUT2D eigenvalue weighted by Gasteiger charge is 2.15. The molecule has 0 bridgehead atoms. The zero-order chi connectivity index (χ0) is 12.8. The molecule has 2 rings (SSSR count). The first-order chi connectivity index (χ1) is 8.86. The van der Waals surface area contributed by atoms with Crippen LogP contribution in [0.25, 0.3) is 0 Å². The summed E-state index contributed by atoms with van der Waals surface area (Å²) in [5.74, 6) is 0.852. The van der Waals surface area contributed by atoms with Crippen molar-refractivity contribution in [1.82, 2.24) is 4.98 Å². The number of nitrogens with zero attached hydrogens (tertiary/aromatic N) is 2. The van der Waals surface area contributed by atoms with E-state index in [1.165, 1.54) is 0 Å². The van der Waals surface area contributed by atoms with Crippen molar-refractivity contribution in [2.75, 3.05) is 25.1 Å². The number of hydrogen-bond acceptors (Lipinski definition) is 5. The van der Waals surface area contributed by atoms with Crippen LogP contribution in [0, 0.1) is 0 Å². The number of hydrogen-bond donors (Lipinski definition) is 1. The molecule has 1 heterocycles. The van der Waals surface area contributed by atoms with Gasteiger partial charge in [0.05, 0.1) is 12.8 Å². The van der Waals surface area contributed by atoms with E-state index in [0.717, 1.165) is 29.5 Å². The molecule has 2 N–H and O–H groups in total. The Hall–Kier alpha value is -1.59. The van der Waals surface area contributed by atoms with E-state index in [9.17, 15) is 0 Å². The van der Waals surface area contributed by atoms with Crippen molar-refractivity contribution in [3.63, 3.8) is 0 Å². The molecule has 18 heavy (non-hydrogen) atoms. The number of para-hydroxylation sites is 2. The van der Waals surface area contributed by atoms with Crippen LogP contribution in [-0.2, 0) is 0 Å². The lowest BCUT2D eigenvalue weighted by Crippen LogP contribution is -2.21. The fraction of sp³-hybridized carbons (Fsp3) is 0.308. The predicted octanol–water partition coefficient (Wildman–Crippen LogP) is 2.64. The largest absolute Gasteiger partial charge is 0.495 e. The van der Waals surface area contributed by atoms with Crippen LogP contribution >= 0.6 is 11.3 Å². The molecule has 0 aliphatic carbocycles. The lowest BCUT2D eigenvalue weighted by Gasteiger charge is -2.23. The first kappa shape index (κ1) is 12.9. The molecule has 0 amide bonds. The van der Waals surface area contributed by atoms with Gasteiger partial charge in [0.2, 0.25) is 0 Å². The molecule has 0 radical (unpaired) electrons. The van der Waals surface area contributed by atoms with E-state index in [4.69, 9.17) is 10.5 Å². The first-order valence-electron chi connectivity index (χ1n) is 5.87. The van der Waals surface area contributed by atoms with Crippen LogP contribution in [0.3, 0.4) is 0 Å². The van der Waals surface area contributed by atoms with Gasteiger partial charge in [-0.15, -0.1) is 11.3 Å². The zero-order valence-electron chi connectivity index (χ0n) is 10.4. The fourth-order valence-corrected chi connectivity index (χ4v) is 2.45. The number of anilines is 2. The van der Waals surface area contributed by atoms with Gasteiger partial charge in [0, 0.05) is 18.1 Å². The number of aromatic nitrogens is 1. The molecule has 0 aliphatic rings. The summed E-state index contributed by atoms with van der Waals surface area (Å²) in [6.07, 6.45) is 2.72. The van der Waals surface area contributed by atoms with Gasteiger partial charge in [-0.05, 0) is 25.1 Å². The summed E-state index contributed by atoms with van der Waals surface area (Å²) in [5, 5.41) is 2.94. The van der Waals surface area contributed by atoms with Crippen LogP contribution in [0.5, 0.6) is 5.75 Å². The van der Waals surface area contributed by atoms with Crippen LogP contribution in [0.4, 0.5) is 10.8 Å². The number of thiazole rings is 1. The number of benzene rings is 1. The van der Waals surface area contributed by atoms with Crippen LogP contribution in [0.2, 0.25) is 0 Å². The van der Waals surface area contributed by atoms with Gasteiger partial charge < -0.3 is 15.4 Å². The average molecular weight is 263 g/mol. The maximum absolute atomic E-state index is 5.60. The SMILES string of the molecule is COc1ccccc1N(CCCN)c1nccs1. The molecular weight excluding hydrogens is 246 g/mol. The highest BCUT2D eigenvalue weighted by atomic mass is 32.1. The fourth-order valence-electron chi connectivity index (χ4n) is 1.77. The molecule has 1 aromatic heterocycles. The summed E-state index contributed by atoms with van der Waals surface area (Å²) >= 11 is 1.61. The minimum absolute atomic E-state index is 0.664. The van der Waals surface area contributed by atoms with E-state index < -0.39 is 0 Å². The second-order valence-electron chi connectivity index (χ2n) is 3.78. The van der Waals surface area contributed by atoms with Gasteiger partial charge in [-0.3, -0.25) is 0 Å². The molecular formula is C13H17N3OS. The van der Waals surface area contributed by atoms with Gasteiger partial charge in [-0.2, -0.15) is 0 Å². The summed E-state index contributed by atoms with van der Waals surface area (Å²) in [5.41, 5.74) is 6.63. The Balaban J connectivity index is 2.33. The Kier molecular flexibility index (Phi) is 4.55. The van der Waals surface area contributed by atoms with E-state index >= 15 is 0 Å². The topological polar surface area (TPSA) is 51.4 Å². The van der Waals surface area contributed by atoms with Crippen molar-refractivity contribution in [2.45, 2.75) is 6.42 Å². The Morgan fingerprint density at radius 1 is 1.39 bits per heavy atom. The molecule has 0 aliphatic heterocycles. The molecule has 0 spiro atoms. The number of ether oxygens (including phenoxy) is 1. The van der Waals surface area contributed by atoms with E-state index in [1.807, 2.05) is 35.8 Å².